The van der Waals surface area contributed by atoms with E-state index < -0.39 is 23.1 Å². The molecule has 274 valence electrons. The van der Waals surface area contributed by atoms with E-state index in [1.807, 2.05) is 24.7 Å². The zero-order valence-electron chi connectivity index (χ0n) is 29.6. The van der Waals surface area contributed by atoms with Crippen LogP contribution in [0.4, 0.5) is 30.2 Å². The third-order valence-corrected chi connectivity index (χ3v) is 10.8. The number of rotatable bonds is 15. The highest BCUT2D eigenvalue weighted by atomic mass is 32.2. The molecule has 2 aromatic heterocycles. The fourth-order valence-electron chi connectivity index (χ4n) is 6.68. The lowest BCUT2D eigenvalue weighted by molar-refractivity contribution is -0.148. The Morgan fingerprint density at radius 1 is 0.865 bits per heavy atom. The Kier molecular flexibility index (Phi) is 11.7. The Labute approximate surface area is 307 Å². The van der Waals surface area contributed by atoms with E-state index in [2.05, 4.69) is 71.7 Å². The van der Waals surface area contributed by atoms with Crippen molar-refractivity contribution in [3.8, 4) is 5.69 Å². The molecule has 3 aromatic carbocycles. The molecule has 0 radical (unpaired) electrons. The van der Waals surface area contributed by atoms with E-state index in [1.165, 1.54) is 6.07 Å². The number of aromatic nitrogens is 3. The summed E-state index contributed by atoms with van der Waals surface area (Å²) in [4.78, 5) is 28.2. The van der Waals surface area contributed by atoms with Crippen molar-refractivity contribution in [2.75, 3.05) is 54.8 Å². The number of para-hydroxylation sites is 1. The number of fused-ring (bicyclic) bond motifs is 1. The molecule has 0 amide bonds. The average molecular weight is 731 g/mol. The molecule has 0 bridgehead atoms. The first-order chi connectivity index (χ1) is 25.0. The van der Waals surface area contributed by atoms with Gasteiger partial charge in [-0.15, -0.1) is 11.8 Å². The molecule has 1 fully saturated rings. The van der Waals surface area contributed by atoms with Crippen molar-refractivity contribution < 1.29 is 23.1 Å². The number of hydrogen-bond donors (Lipinski definition) is 1. The Morgan fingerprint density at radius 3 is 2.35 bits per heavy atom. The molecule has 0 saturated carbocycles. The van der Waals surface area contributed by atoms with Crippen molar-refractivity contribution in [2.45, 2.75) is 50.6 Å². The van der Waals surface area contributed by atoms with E-state index in [9.17, 15) is 23.1 Å². The number of alkyl halides is 3. The molecule has 5 aromatic rings. The minimum absolute atomic E-state index is 0.365. The number of aliphatic carboxylic acids is 1. The number of carbonyl (C=O) groups is 1. The normalized spacial score (nSPS) is 14.2. The van der Waals surface area contributed by atoms with E-state index in [4.69, 9.17) is 0 Å². The number of anilines is 3. The van der Waals surface area contributed by atoms with E-state index in [0.29, 0.717) is 12.1 Å². The number of carboxylic acid groups (broad SMARTS) is 1. The molecular weight excluding hydrogens is 686 g/mol. The smallest absolute Gasteiger partial charge is 0.416 e. The van der Waals surface area contributed by atoms with Crippen molar-refractivity contribution in [2.24, 2.45) is 5.41 Å². The monoisotopic (exact) mass is 730 g/mol. The summed E-state index contributed by atoms with van der Waals surface area (Å²) in [5.74, 6) is 0.102. The molecule has 1 saturated heterocycles. The molecule has 0 aliphatic carbocycles. The van der Waals surface area contributed by atoms with E-state index in [0.717, 1.165) is 109 Å². The molecule has 0 atom stereocenters. The summed E-state index contributed by atoms with van der Waals surface area (Å²) in [5.41, 5.74) is 3.27. The number of hydrogen-bond acceptors (Lipinski definition) is 7. The highest BCUT2D eigenvalue weighted by Crippen LogP contribution is 2.36. The molecule has 3 heterocycles. The summed E-state index contributed by atoms with van der Waals surface area (Å²) in [6, 6.07) is 22.7. The van der Waals surface area contributed by atoms with Gasteiger partial charge in [-0.25, -0.2) is 4.98 Å². The first kappa shape index (κ1) is 37.2. The third-order valence-electron chi connectivity index (χ3n) is 9.60. The molecule has 0 unspecified atom stereocenters. The highest BCUT2D eigenvalue weighted by molar-refractivity contribution is 7.99. The summed E-state index contributed by atoms with van der Waals surface area (Å²) >= 11 is 1.67. The van der Waals surface area contributed by atoms with Crippen molar-refractivity contribution >= 4 is 45.7 Å². The van der Waals surface area contributed by atoms with Crippen LogP contribution in [0.15, 0.2) is 103 Å². The predicted molar refractivity (Wildman–Crippen MR) is 203 cm³/mol. The maximum atomic E-state index is 13.2. The summed E-state index contributed by atoms with van der Waals surface area (Å²) in [6.07, 6.45) is 6.87. The van der Waals surface area contributed by atoms with Crippen LogP contribution in [0.2, 0.25) is 0 Å². The van der Waals surface area contributed by atoms with Gasteiger partial charge in [-0.3, -0.25) is 14.7 Å². The molecule has 6 rings (SSSR count). The molecule has 52 heavy (non-hydrogen) atoms. The quantitative estimate of drug-likeness (QED) is 0.0845. The number of piperazine rings is 1. The molecule has 1 aliphatic heterocycles. The van der Waals surface area contributed by atoms with E-state index in [1.54, 1.807) is 38.0 Å². The lowest BCUT2D eigenvalue weighted by Crippen LogP contribution is -2.50. The largest absolute Gasteiger partial charge is 0.481 e. The number of carboxylic acids is 1. The number of benzene rings is 3. The number of unbranched alkanes of at least 4 members (excludes halogenated alkanes) is 3. The number of halogens is 3. The first-order valence-electron chi connectivity index (χ1n) is 17.7. The first-order valence-corrected chi connectivity index (χ1v) is 18.7. The van der Waals surface area contributed by atoms with Crippen LogP contribution in [0.5, 0.6) is 0 Å². The number of thioether (sulfide) groups is 1. The lowest BCUT2D eigenvalue weighted by Gasteiger charge is -2.39. The molecule has 1 N–H and O–H groups in total. The van der Waals surface area contributed by atoms with Crippen LogP contribution < -0.4 is 9.80 Å². The van der Waals surface area contributed by atoms with Crippen molar-refractivity contribution in [3.63, 3.8) is 0 Å². The zero-order chi connectivity index (χ0) is 36.7. The molecule has 0 spiro atoms. The van der Waals surface area contributed by atoms with Crippen LogP contribution in [0.1, 0.15) is 45.1 Å². The van der Waals surface area contributed by atoms with E-state index in [-0.39, 0.29) is 0 Å². The molecule has 12 heteroatoms. The van der Waals surface area contributed by atoms with Gasteiger partial charge in [0, 0.05) is 79.5 Å². The standard InChI is InChI=1S/C40H45F3N6O2S/c1-39(2,38(50)51)28-46-21-23-47(24-22-46)35-15-13-32(27-36(35)48-20-18-44-29-48)49(31-10-6-5-7-11-31)19-8-3-4-9-25-52-37-16-17-45-34-26-30(40(41,42)43)12-14-33(34)37/h5-7,10-18,20,26-27,29H,3-4,8-9,19,21-25,28H2,1-2H3,(H,50,51). The number of pyridine rings is 1. The van der Waals surface area contributed by atoms with Gasteiger partial charge in [-0.05, 0) is 81.0 Å². The minimum Gasteiger partial charge on any atom is -0.481 e. The molecular formula is C40H45F3N6O2S. The van der Waals surface area contributed by atoms with Crippen LogP contribution in [-0.2, 0) is 11.0 Å². The van der Waals surface area contributed by atoms with Crippen LogP contribution in [-0.4, -0.2) is 75.5 Å². The minimum atomic E-state index is -4.39. The Balaban J connectivity index is 1.09. The van der Waals surface area contributed by atoms with Gasteiger partial charge in [0.05, 0.1) is 34.2 Å². The summed E-state index contributed by atoms with van der Waals surface area (Å²) in [5, 5.41) is 10.4. The van der Waals surface area contributed by atoms with Gasteiger partial charge >= 0.3 is 12.1 Å². The SMILES string of the molecule is CC(C)(CN1CCN(c2ccc(N(CCCCCCSc3ccnc4cc(C(F)(F)F)ccc34)c3ccccc3)cc2-n2ccnc2)CC1)C(=O)O. The van der Waals surface area contributed by atoms with Gasteiger partial charge in [-0.1, -0.05) is 37.1 Å². The second kappa shape index (κ2) is 16.4. The maximum absolute atomic E-state index is 13.2. The second-order valence-electron chi connectivity index (χ2n) is 13.9. The van der Waals surface area contributed by atoms with Crippen molar-refractivity contribution in [1.29, 1.82) is 0 Å². The van der Waals surface area contributed by atoms with Crippen molar-refractivity contribution in [3.05, 3.63) is 103 Å². The van der Waals surface area contributed by atoms with Crippen LogP contribution >= 0.6 is 11.8 Å². The van der Waals surface area contributed by atoms with Crippen LogP contribution in [0, 0.1) is 5.41 Å². The topological polar surface area (TPSA) is 77.7 Å². The van der Waals surface area contributed by atoms with Gasteiger partial charge in [0.15, 0.2) is 0 Å². The lowest BCUT2D eigenvalue weighted by atomic mass is 9.93. The Morgan fingerprint density at radius 2 is 1.63 bits per heavy atom. The maximum Gasteiger partial charge on any atom is 0.416 e. The Bertz CT molecular complexity index is 1930. The average Bonchev–Trinajstić information content (AvgIpc) is 3.68. The van der Waals surface area contributed by atoms with Crippen molar-refractivity contribution in [1.82, 2.24) is 19.4 Å². The molecule has 1 aliphatic rings. The van der Waals surface area contributed by atoms with Gasteiger partial charge in [0.25, 0.3) is 0 Å². The predicted octanol–water partition coefficient (Wildman–Crippen LogP) is 9.16. The second-order valence-corrected chi connectivity index (χ2v) is 15.0. The fraction of sp³-hybridized carbons (Fsp3) is 0.375. The Hall–Kier alpha value is -4.55. The number of nitrogens with zero attached hydrogens (tertiary/aromatic N) is 6. The van der Waals surface area contributed by atoms with Gasteiger partial charge < -0.3 is 19.5 Å². The summed E-state index contributed by atoms with van der Waals surface area (Å²) in [6.45, 7) is 8.10. The number of imidazole rings is 1. The van der Waals surface area contributed by atoms with E-state index >= 15 is 0 Å². The van der Waals surface area contributed by atoms with Gasteiger partial charge in [-0.2, -0.15) is 13.2 Å². The molecule has 8 nitrogen and oxygen atoms in total. The van der Waals surface area contributed by atoms with Crippen LogP contribution in [0.3, 0.4) is 0 Å². The highest BCUT2D eigenvalue weighted by Gasteiger charge is 2.32. The zero-order valence-corrected chi connectivity index (χ0v) is 30.4. The third kappa shape index (κ3) is 9.08. The summed E-state index contributed by atoms with van der Waals surface area (Å²) in [7, 11) is 0. The fourth-order valence-corrected chi connectivity index (χ4v) is 7.73. The van der Waals surface area contributed by atoms with Gasteiger partial charge in [0.1, 0.15) is 0 Å². The van der Waals surface area contributed by atoms with Crippen LogP contribution in [0.25, 0.3) is 16.6 Å². The van der Waals surface area contributed by atoms with Gasteiger partial charge in [0.2, 0.25) is 0 Å². The summed E-state index contributed by atoms with van der Waals surface area (Å²) < 4.78 is 41.6.